The summed E-state index contributed by atoms with van der Waals surface area (Å²) in [6.45, 7) is 2.58. The van der Waals surface area contributed by atoms with Crippen molar-refractivity contribution in [2.24, 2.45) is 5.92 Å². The van der Waals surface area contributed by atoms with E-state index in [9.17, 15) is 12.8 Å². The van der Waals surface area contributed by atoms with Crippen LogP contribution in [0.2, 0.25) is 0 Å². The van der Waals surface area contributed by atoms with Gasteiger partial charge in [-0.15, -0.1) is 0 Å². The van der Waals surface area contributed by atoms with Crippen molar-refractivity contribution in [3.8, 4) is 0 Å². The van der Waals surface area contributed by atoms with Crippen molar-refractivity contribution in [2.75, 3.05) is 19.7 Å². The van der Waals surface area contributed by atoms with Gasteiger partial charge in [0.05, 0.1) is 0 Å². The smallest absolute Gasteiger partial charge is 0.279 e. The predicted octanol–water partition coefficient (Wildman–Crippen LogP) is 1.43. The maximum atomic E-state index is 13.2. The van der Waals surface area contributed by atoms with Crippen molar-refractivity contribution in [2.45, 2.75) is 25.8 Å². The van der Waals surface area contributed by atoms with Gasteiger partial charge in [-0.3, -0.25) is 0 Å². The van der Waals surface area contributed by atoms with E-state index in [1.54, 1.807) is 19.1 Å². The van der Waals surface area contributed by atoms with Crippen molar-refractivity contribution in [1.82, 2.24) is 9.03 Å². The lowest BCUT2D eigenvalue weighted by molar-refractivity contribution is 0.169. The molecule has 1 unspecified atom stereocenters. The maximum absolute atomic E-state index is 13.2. The lowest BCUT2D eigenvalue weighted by Crippen LogP contribution is -2.46. The SMILES string of the molecule is CC(NS(=O)(=O)N1CCC(CO)CC1)c1cccc(F)c1. The summed E-state index contributed by atoms with van der Waals surface area (Å²) < 4.78 is 41.8. The lowest BCUT2D eigenvalue weighted by atomic mass is 10.00. The first-order chi connectivity index (χ1) is 9.92. The van der Waals surface area contributed by atoms with Crippen LogP contribution in [0.1, 0.15) is 31.4 Å². The van der Waals surface area contributed by atoms with Crippen LogP contribution in [0.4, 0.5) is 4.39 Å². The van der Waals surface area contributed by atoms with E-state index in [0.29, 0.717) is 31.5 Å². The molecule has 0 saturated carbocycles. The van der Waals surface area contributed by atoms with Gasteiger partial charge in [-0.1, -0.05) is 12.1 Å². The quantitative estimate of drug-likeness (QED) is 0.863. The molecule has 1 saturated heterocycles. The van der Waals surface area contributed by atoms with Crippen LogP contribution in [0.5, 0.6) is 0 Å². The number of hydrogen-bond acceptors (Lipinski definition) is 3. The molecule has 7 heteroatoms. The minimum Gasteiger partial charge on any atom is -0.396 e. The summed E-state index contributed by atoms with van der Waals surface area (Å²) in [5.41, 5.74) is 0.587. The Hall–Kier alpha value is -1.02. The molecular formula is C14H21FN2O3S. The summed E-state index contributed by atoms with van der Waals surface area (Å²) >= 11 is 0. The molecule has 1 atom stereocenters. The molecule has 2 rings (SSSR count). The van der Waals surface area contributed by atoms with Gasteiger partial charge in [0.2, 0.25) is 0 Å². The number of aliphatic hydroxyl groups is 1. The van der Waals surface area contributed by atoms with Gasteiger partial charge in [0.1, 0.15) is 5.82 Å². The molecule has 0 aromatic heterocycles. The van der Waals surface area contributed by atoms with Crippen molar-refractivity contribution >= 4 is 10.2 Å². The Morgan fingerprint density at radius 2 is 2.10 bits per heavy atom. The molecule has 21 heavy (non-hydrogen) atoms. The zero-order chi connectivity index (χ0) is 15.5. The summed E-state index contributed by atoms with van der Waals surface area (Å²) in [4.78, 5) is 0. The number of piperidine rings is 1. The van der Waals surface area contributed by atoms with Crippen LogP contribution < -0.4 is 4.72 Å². The van der Waals surface area contributed by atoms with Gasteiger partial charge in [0, 0.05) is 25.7 Å². The van der Waals surface area contributed by atoms with E-state index in [2.05, 4.69) is 4.72 Å². The standard InChI is InChI=1S/C14H21FN2O3S/c1-11(13-3-2-4-14(15)9-13)16-21(19,20)17-7-5-12(10-18)6-8-17/h2-4,9,11-12,16,18H,5-8,10H2,1H3. The van der Waals surface area contributed by atoms with Crippen molar-refractivity contribution in [3.63, 3.8) is 0 Å². The highest BCUT2D eigenvalue weighted by Gasteiger charge is 2.28. The highest BCUT2D eigenvalue weighted by molar-refractivity contribution is 7.87. The maximum Gasteiger partial charge on any atom is 0.279 e. The lowest BCUT2D eigenvalue weighted by Gasteiger charge is -2.31. The van der Waals surface area contributed by atoms with Crippen LogP contribution in [0.25, 0.3) is 0 Å². The summed E-state index contributed by atoms with van der Waals surface area (Å²) in [5.74, 6) is -0.209. The number of nitrogens with one attached hydrogen (secondary N) is 1. The molecule has 1 aliphatic rings. The average molecular weight is 316 g/mol. The first kappa shape index (κ1) is 16.4. The number of hydrogen-bond donors (Lipinski definition) is 2. The number of halogens is 1. The van der Waals surface area contributed by atoms with Crippen LogP contribution in [0.15, 0.2) is 24.3 Å². The van der Waals surface area contributed by atoms with Gasteiger partial charge >= 0.3 is 0 Å². The summed E-state index contributed by atoms with van der Waals surface area (Å²) in [7, 11) is -3.60. The third-order valence-corrected chi connectivity index (χ3v) is 5.54. The third kappa shape index (κ3) is 4.23. The normalized spacial score (nSPS) is 19.6. The zero-order valence-corrected chi connectivity index (χ0v) is 12.8. The molecule has 1 heterocycles. The minimum absolute atomic E-state index is 0.0982. The fourth-order valence-corrected chi connectivity index (χ4v) is 3.90. The highest BCUT2D eigenvalue weighted by atomic mass is 32.2. The molecule has 2 N–H and O–H groups in total. The van der Waals surface area contributed by atoms with E-state index in [-0.39, 0.29) is 18.3 Å². The molecule has 1 fully saturated rings. The first-order valence-electron chi connectivity index (χ1n) is 7.06. The fraction of sp³-hybridized carbons (Fsp3) is 0.571. The molecule has 0 radical (unpaired) electrons. The fourth-order valence-electron chi connectivity index (χ4n) is 2.47. The van der Waals surface area contributed by atoms with E-state index in [1.165, 1.54) is 16.4 Å². The van der Waals surface area contributed by atoms with Crippen molar-refractivity contribution in [1.29, 1.82) is 0 Å². The van der Waals surface area contributed by atoms with Gasteiger partial charge in [0.25, 0.3) is 10.2 Å². The van der Waals surface area contributed by atoms with Gasteiger partial charge in [0.15, 0.2) is 0 Å². The molecule has 1 aromatic carbocycles. The monoisotopic (exact) mass is 316 g/mol. The Bertz CT molecular complexity index is 571. The summed E-state index contributed by atoms with van der Waals surface area (Å²) in [6, 6.07) is 5.40. The van der Waals surface area contributed by atoms with E-state index < -0.39 is 16.3 Å². The molecule has 0 spiro atoms. The second kappa shape index (κ2) is 6.83. The van der Waals surface area contributed by atoms with Gasteiger partial charge in [-0.05, 0) is 43.4 Å². The second-order valence-corrected chi connectivity index (χ2v) is 7.13. The van der Waals surface area contributed by atoms with Crippen LogP contribution >= 0.6 is 0 Å². The summed E-state index contributed by atoms with van der Waals surface area (Å²) in [5, 5.41) is 9.08. The molecular weight excluding hydrogens is 295 g/mol. The van der Waals surface area contributed by atoms with E-state index in [4.69, 9.17) is 5.11 Å². The second-order valence-electron chi connectivity index (χ2n) is 5.42. The number of rotatable bonds is 5. The Kier molecular flexibility index (Phi) is 5.32. The number of aliphatic hydroxyl groups excluding tert-OH is 1. The molecule has 0 amide bonds. The first-order valence-corrected chi connectivity index (χ1v) is 8.50. The Morgan fingerprint density at radius 3 is 2.67 bits per heavy atom. The van der Waals surface area contributed by atoms with E-state index in [1.807, 2.05) is 0 Å². The van der Waals surface area contributed by atoms with Gasteiger partial charge in [-0.2, -0.15) is 17.4 Å². The molecule has 5 nitrogen and oxygen atoms in total. The van der Waals surface area contributed by atoms with Crippen LogP contribution in [0, 0.1) is 11.7 Å². The number of benzene rings is 1. The third-order valence-electron chi connectivity index (χ3n) is 3.85. The topological polar surface area (TPSA) is 69.6 Å². The van der Waals surface area contributed by atoms with Gasteiger partial charge in [-0.25, -0.2) is 4.39 Å². The van der Waals surface area contributed by atoms with Crippen LogP contribution in [-0.4, -0.2) is 37.5 Å². The molecule has 0 bridgehead atoms. The Labute approximate surface area is 125 Å². The van der Waals surface area contributed by atoms with E-state index in [0.717, 1.165) is 0 Å². The number of nitrogens with zero attached hydrogens (tertiary/aromatic N) is 1. The van der Waals surface area contributed by atoms with Crippen molar-refractivity contribution < 1.29 is 17.9 Å². The largest absolute Gasteiger partial charge is 0.396 e. The van der Waals surface area contributed by atoms with Crippen LogP contribution in [-0.2, 0) is 10.2 Å². The average Bonchev–Trinajstić information content (AvgIpc) is 2.47. The Morgan fingerprint density at radius 1 is 1.43 bits per heavy atom. The van der Waals surface area contributed by atoms with Crippen molar-refractivity contribution in [3.05, 3.63) is 35.6 Å². The summed E-state index contributed by atoms with van der Waals surface area (Å²) in [6.07, 6.45) is 1.32. The molecule has 1 aromatic rings. The molecule has 1 aliphatic heterocycles. The van der Waals surface area contributed by atoms with Crippen LogP contribution in [0.3, 0.4) is 0 Å². The minimum atomic E-state index is -3.60. The van der Waals surface area contributed by atoms with Gasteiger partial charge < -0.3 is 5.11 Å². The molecule has 118 valence electrons. The molecule has 0 aliphatic carbocycles. The van der Waals surface area contributed by atoms with E-state index >= 15 is 0 Å². The predicted molar refractivity (Wildman–Crippen MR) is 78.3 cm³/mol. The zero-order valence-electron chi connectivity index (χ0n) is 12.0. The highest BCUT2D eigenvalue weighted by Crippen LogP contribution is 2.20. The Balaban J connectivity index is 2.01.